The van der Waals surface area contributed by atoms with Crippen LogP contribution in [0.1, 0.15) is 21.5 Å². The van der Waals surface area contributed by atoms with Crippen LogP contribution >= 0.6 is 0 Å². The van der Waals surface area contributed by atoms with Crippen molar-refractivity contribution in [3.8, 4) is 5.75 Å². The van der Waals surface area contributed by atoms with E-state index in [1.54, 1.807) is 37.5 Å². The van der Waals surface area contributed by atoms with Gasteiger partial charge in [-0.15, -0.1) is 0 Å². The molecule has 3 aromatic carbocycles. The topological polar surface area (TPSA) is 64.6 Å². The lowest BCUT2D eigenvalue weighted by Crippen LogP contribution is -2.11. The number of nitrogens with one attached hydrogen (secondary N) is 1. The van der Waals surface area contributed by atoms with Crippen LogP contribution in [0.2, 0.25) is 0 Å². The summed E-state index contributed by atoms with van der Waals surface area (Å²) in [6, 6.07) is 23.5. The molecule has 0 bridgehead atoms. The number of methoxy groups -OCH3 is 1. The van der Waals surface area contributed by atoms with E-state index in [9.17, 15) is 9.59 Å². The summed E-state index contributed by atoms with van der Waals surface area (Å²) in [4.78, 5) is 24.1. The minimum atomic E-state index is -0.438. The molecule has 0 fully saturated rings. The standard InChI is InChI=1S/C24H21NO4/c1-28-22-14-9-18(10-15-22)11-16-23(26)29-17-19-7-12-20(13-8-19)24(27)25-21-5-3-2-4-6-21/h2-16H,17H2,1H3,(H,25,27). The zero-order valence-electron chi connectivity index (χ0n) is 16.0. The van der Waals surface area contributed by atoms with E-state index in [1.807, 2.05) is 54.6 Å². The van der Waals surface area contributed by atoms with Crippen molar-refractivity contribution in [2.75, 3.05) is 12.4 Å². The number of anilines is 1. The zero-order valence-corrected chi connectivity index (χ0v) is 16.0. The van der Waals surface area contributed by atoms with Gasteiger partial charge in [-0.05, 0) is 53.6 Å². The number of benzene rings is 3. The first-order valence-electron chi connectivity index (χ1n) is 9.08. The van der Waals surface area contributed by atoms with Gasteiger partial charge in [-0.25, -0.2) is 4.79 Å². The van der Waals surface area contributed by atoms with Crippen LogP contribution in [0, 0.1) is 0 Å². The molecule has 0 aromatic heterocycles. The molecule has 0 unspecified atom stereocenters. The Bertz CT molecular complexity index is 978. The van der Waals surface area contributed by atoms with Gasteiger partial charge in [0.2, 0.25) is 0 Å². The number of amides is 1. The number of rotatable bonds is 7. The van der Waals surface area contributed by atoms with Crippen molar-refractivity contribution in [2.24, 2.45) is 0 Å². The van der Waals surface area contributed by atoms with Crippen LogP contribution in [0.15, 0.2) is 84.9 Å². The van der Waals surface area contributed by atoms with Gasteiger partial charge in [-0.1, -0.05) is 42.5 Å². The van der Waals surface area contributed by atoms with Crippen molar-refractivity contribution in [1.29, 1.82) is 0 Å². The molecule has 146 valence electrons. The van der Waals surface area contributed by atoms with E-state index >= 15 is 0 Å². The smallest absolute Gasteiger partial charge is 0.331 e. The quantitative estimate of drug-likeness (QED) is 0.471. The third kappa shape index (κ3) is 6.07. The summed E-state index contributed by atoms with van der Waals surface area (Å²) in [6.07, 6.45) is 3.06. The van der Waals surface area contributed by atoms with Crippen molar-refractivity contribution in [1.82, 2.24) is 0 Å². The number of carbonyl (C=O) groups excluding carboxylic acids is 2. The minimum absolute atomic E-state index is 0.131. The number of carbonyl (C=O) groups is 2. The summed E-state index contributed by atoms with van der Waals surface area (Å²) in [5.74, 6) is 0.125. The third-order valence-electron chi connectivity index (χ3n) is 4.16. The predicted octanol–water partition coefficient (Wildman–Crippen LogP) is 4.70. The van der Waals surface area contributed by atoms with Crippen molar-refractivity contribution < 1.29 is 19.1 Å². The van der Waals surface area contributed by atoms with Crippen molar-refractivity contribution in [2.45, 2.75) is 6.61 Å². The molecule has 1 amide bonds. The summed E-state index contributed by atoms with van der Waals surface area (Å²) in [5.41, 5.74) is 2.94. The molecule has 0 aliphatic rings. The normalized spacial score (nSPS) is 10.5. The van der Waals surface area contributed by atoms with E-state index in [4.69, 9.17) is 9.47 Å². The van der Waals surface area contributed by atoms with E-state index in [2.05, 4.69) is 5.32 Å². The Labute approximate surface area is 169 Å². The van der Waals surface area contributed by atoms with Gasteiger partial charge >= 0.3 is 5.97 Å². The molecule has 29 heavy (non-hydrogen) atoms. The maximum atomic E-state index is 12.2. The fraction of sp³-hybridized carbons (Fsp3) is 0.0833. The lowest BCUT2D eigenvalue weighted by Gasteiger charge is -2.06. The molecule has 5 nitrogen and oxygen atoms in total. The largest absolute Gasteiger partial charge is 0.497 e. The fourth-order valence-electron chi connectivity index (χ4n) is 2.56. The van der Waals surface area contributed by atoms with Crippen LogP contribution in [0.4, 0.5) is 5.69 Å². The van der Waals surface area contributed by atoms with Crippen LogP contribution in [0.3, 0.4) is 0 Å². The third-order valence-corrected chi connectivity index (χ3v) is 4.16. The second kappa shape index (κ2) is 9.90. The summed E-state index contributed by atoms with van der Waals surface area (Å²) in [7, 11) is 1.60. The molecule has 1 N–H and O–H groups in total. The Morgan fingerprint density at radius 2 is 1.59 bits per heavy atom. The minimum Gasteiger partial charge on any atom is -0.497 e. The molecule has 0 saturated heterocycles. The highest BCUT2D eigenvalue weighted by Crippen LogP contribution is 2.13. The van der Waals surface area contributed by atoms with E-state index in [0.29, 0.717) is 5.56 Å². The zero-order chi connectivity index (χ0) is 20.5. The summed E-state index contributed by atoms with van der Waals surface area (Å²) >= 11 is 0. The van der Waals surface area contributed by atoms with E-state index in [0.717, 1.165) is 22.6 Å². The number of esters is 1. The summed E-state index contributed by atoms with van der Waals surface area (Å²) in [5, 5.41) is 2.83. The van der Waals surface area contributed by atoms with E-state index in [1.165, 1.54) is 6.08 Å². The maximum Gasteiger partial charge on any atom is 0.331 e. The molecule has 5 heteroatoms. The van der Waals surface area contributed by atoms with Gasteiger partial charge in [0.1, 0.15) is 12.4 Å². The van der Waals surface area contributed by atoms with Gasteiger partial charge in [0, 0.05) is 17.3 Å². The van der Waals surface area contributed by atoms with Gasteiger partial charge in [0.15, 0.2) is 0 Å². The van der Waals surface area contributed by atoms with E-state index in [-0.39, 0.29) is 12.5 Å². The van der Waals surface area contributed by atoms with Crippen molar-refractivity contribution >= 4 is 23.6 Å². The molecule has 3 rings (SSSR count). The molecule has 0 spiro atoms. The highest BCUT2D eigenvalue weighted by molar-refractivity contribution is 6.04. The maximum absolute atomic E-state index is 12.2. The van der Waals surface area contributed by atoms with Gasteiger partial charge < -0.3 is 14.8 Å². The first kappa shape index (κ1) is 19.9. The van der Waals surface area contributed by atoms with Gasteiger partial charge in [-0.3, -0.25) is 4.79 Å². The average molecular weight is 387 g/mol. The molecular formula is C24H21NO4. The van der Waals surface area contributed by atoms with Gasteiger partial charge in [0.05, 0.1) is 7.11 Å². The Balaban J connectivity index is 1.49. The predicted molar refractivity (Wildman–Crippen MR) is 113 cm³/mol. The Morgan fingerprint density at radius 1 is 0.897 bits per heavy atom. The molecular weight excluding hydrogens is 366 g/mol. The summed E-state index contributed by atoms with van der Waals surface area (Å²) < 4.78 is 10.3. The Kier molecular flexibility index (Phi) is 6.79. The molecule has 0 radical (unpaired) electrons. The second-order valence-corrected chi connectivity index (χ2v) is 6.23. The Hall–Kier alpha value is -3.86. The number of hydrogen-bond donors (Lipinski definition) is 1. The lowest BCUT2D eigenvalue weighted by molar-refractivity contribution is -0.138. The number of para-hydroxylation sites is 1. The van der Waals surface area contributed by atoms with Gasteiger partial charge in [-0.2, -0.15) is 0 Å². The van der Waals surface area contributed by atoms with Crippen molar-refractivity contribution in [3.05, 3.63) is 102 Å². The van der Waals surface area contributed by atoms with Crippen LogP contribution in [-0.4, -0.2) is 19.0 Å². The Morgan fingerprint density at radius 3 is 2.24 bits per heavy atom. The molecule has 0 aliphatic carbocycles. The number of ether oxygens (including phenoxy) is 2. The van der Waals surface area contributed by atoms with E-state index < -0.39 is 5.97 Å². The van der Waals surface area contributed by atoms with Crippen LogP contribution in [-0.2, 0) is 16.1 Å². The van der Waals surface area contributed by atoms with Gasteiger partial charge in [0.25, 0.3) is 5.91 Å². The summed E-state index contributed by atoms with van der Waals surface area (Å²) in [6.45, 7) is 0.131. The van der Waals surface area contributed by atoms with Crippen molar-refractivity contribution in [3.63, 3.8) is 0 Å². The molecule has 0 heterocycles. The molecule has 3 aromatic rings. The SMILES string of the molecule is COc1ccc(C=CC(=O)OCc2ccc(C(=O)Nc3ccccc3)cc2)cc1. The number of hydrogen-bond acceptors (Lipinski definition) is 4. The molecule has 0 atom stereocenters. The molecule has 0 aliphatic heterocycles. The van der Waals surface area contributed by atoms with Crippen LogP contribution < -0.4 is 10.1 Å². The molecule has 0 saturated carbocycles. The highest BCUT2D eigenvalue weighted by atomic mass is 16.5. The second-order valence-electron chi connectivity index (χ2n) is 6.23. The first-order chi connectivity index (χ1) is 14.1. The average Bonchev–Trinajstić information content (AvgIpc) is 2.77. The highest BCUT2D eigenvalue weighted by Gasteiger charge is 2.06. The lowest BCUT2D eigenvalue weighted by atomic mass is 10.1. The van der Waals surface area contributed by atoms with Crippen LogP contribution in [0.5, 0.6) is 5.75 Å². The van der Waals surface area contributed by atoms with Crippen LogP contribution in [0.25, 0.3) is 6.08 Å². The fourth-order valence-corrected chi connectivity index (χ4v) is 2.56. The first-order valence-corrected chi connectivity index (χ1v) is 9.08. The monoisotopic (exact) mass is 387 g/mol.